The summed E-state index contributed by atoms with van der Waals surface area (Å²) in [5.74, 6) is 3.15. The van der Waals surface area contributed by atoms with Gasteiger partial charge in [-0.25, -0.2) is 0 Å². The number of anilines is 1. The summed E-state index contributed by atoms with van der Waals surface area (Å²) in [6.07, 6.45) is 13.9. The van der Waals surface area contributed by atoms with Crippen molar-refractivity contribution in [3.8, 4) is 0 Å². The number of aliphatic hydroxyl groups is 1. The Labute approximate surface area is 287 Å². The van der Waals surface area contributed by atoms with E-state index in [4.69, 9.17) is 0 Å². The Morgan fingerprint density at radius 2 is 1.62 bits per heavy atom. The summed E-state index contributed by atoms with van der Waals surface area (Å²) in [5.41, 5.74) is 3.04. The van der Waals surface area contributed by atoms with Crippen molar-refractivity contribution >= 4 is 23.8 Å². The Hall–Kier alpha value is -2.99. The second kappa shape index (κ2) is 12.4. The van der Waals surface area contributed by atoms with E-state index in [-0.39, 0.29) is 28.7 Å². The number of aldehydes is 1. The quantitative estimate of drug-likeness (QED) is 0.263. The van der Waals surface area contributed by atoms with Crippen molar-refractivity contribution in [2.24, 2.45) is 51.2 Å². The monoisotopic (exact) mass is 652 g/mol. The molecule has 0 aromatic heterocycles. The number of carbonyl (C=O) groups excluding carboxylic acids is 3. The molecule has 0 heterocycles. The smallest absolute Gasteiger partial charge is 0.255 e. The van der Waals surface area contributed by atoms with Crippen LogP contribution in [0.2, 0.25) is 0 Å². The molecule has 0 aliphatic heterocycles. The average Bonchev–Trinajstić information content (AvgIpc) is 3.53. The molecule has 258 valence electrons. The Kier molecular flexibility index (Phi) is 8.66. The standard InChI is InChI=1S/C42H56N2O4/c1-39(2)34-16-20-40(3)32-15-22-42(19-7-12-33(42)31(32)13-14-35(40)41(34,4)21-17-36(39)46)38(48)43-23-18-27-8-5-10-29(24-27)37(47)44-30-11-6-9-28(25-30)26-45/h5-6,8-11,24-26,31-36,46H,7,12-23H2,1-4H3,(H,43,48)(H,44,47). The molecule has 5 aliphatic carbocycles. The van der Waals surface area contributed by atoms with Crippen LogP contribution < -0.4 is 10.6 Å². The molecule has 2 amide bonds. The molecule has 6 heteroatoms. The minimum absolute atomic E-state index is 0.0193. The fourth-order valence-electron chi connectivity index (χ4n) is 12.9. The molecule has 5 saturated carbocycles. The van der Waals surface area contributed by atoms with Gasteiger partial charge in [-0.15, -0.1) is 0 Å². The Bertz CT molecular complexity index is 1570. The molecule has 9 atom stereocenters. The van der Waals surface area contributed by atoms with E-state index < -0.39 is 0 Å². The average molecular weight is 653 g/mol. The minimum Gasteiger partial charge on any atom is -0.393 e. The van der Waals surface area contributed by atoms with Gasteiger partial charge >= 0.3 is 0 Å². The van der Waals surface area contributed by atoms with Gasteiger partial charge in [-0.1, -0.05) is 58.4 Å². The van der Waals surface area contributed by atoms with Gasteiger partial charge in [0.05, 0.1) is 11.5 Å². The van der Waals surface area contributed by atoms with Crippen molar-refractivity contribution in [2.45, 2.75) is 111 Å². The fraction of sp³-hybridized carbons (Fsp3) is 0.643. The van der Waals surface area contributed by atoms with Gasteiger partial charge in [-0.3, -0.25) is 14.4 Å². The molecule has 5 aliphatic rings. The van der Waals surface area contributed by atoms with Crippen molar-refractivity contribution in [3.63, 3.8) is 0 Å². The summed E-state index contributed by atoms with van der Waals surface area (Å²) in [6.45, 7) is 10.4. The lowest BCUT2D eigenvalue weighted by atomic mass is 9.36. The molecule has 0 radical (unpaired) electrons. The first kappa shape index (κ1) is 33.5. The molecule has 6 nitrogen and oxygen atoms in total. The van der Waals surface area contributed by atoms with Crippen molar-refractivity contribution in [1.29, 1.82) is 0 Å². The van der Waals surface area contributed by atoms with Crippen LogP contribution in [0.3, 0.4) is 0 Å². The number of rotatable bonds is 7. The third kappa shape index (κ3) is 5.36. The van der Waals surface area contributed by atoms with Crippen molar-refractivity contribution in [3.05, 3.63) is 65.2 Å². The van der Waals surface area contributed by atoms with Crippen LogP contribution in [0.4, 0.5) is 5.69 Å². The van der Waals surface area contributed by atoms with Crippen LogP contribution in [0.25, 0.3) is 0 Å². The lowest BCUT2D eigenvalue weighted by molar-refractivity contribution is -0.214. The fourth-order valence-corrected chi connectivity index (χ4v) is 12.9. The van der Waals surface area contributed by atoms with E-state index in [1.165, 1.54) is 38.5 Å². The maximum Gasteiger partial charge on any atom is 0.255 e. The van der Waals surface area contributed by atoms with Gasteiger partial charge < -0.3 is 15.7 Å². The Balaban J connectivity index is 0.999. The second-order valence-electron chi connectivity index (χ2n) is 17.5. The molecule has 0 saturated heterocycles. The van der Waals surface area contributed by atoms with Crippen LogP contribution in [0, 0.1) is 51.2 Å². The zero-order valence-electron chi connectivity index (χ0n) is 29.5. The Morgan fingerprint density at radius 3 is 2.44 bits per heavy atom. The van der Waals surface area contributed by atoms with Gasteiger partial charge in [-0.05, 0) is 146 Å². The third-order valence-electron chi connectivity index (χ3n) is 15.1. The number of aliphatic hydroxyl groups excluding tert-OH is 1. The van der Waals surface area contributed by atoms with E-state index in [1.54, 1.807) is 30.3 Å². The van der Waals surface area contributed by atoms with Crippen molar-refractivity contribution < 1.29 is 19.5 Å². The van der Waals surface area contributed by atoms with Crippen LogP contribution >= 0.6 is 0 Å². The number of nitrogens with one attached hydrogen (secondary N) is 2. The maximum atomic E-state index is 14.2. The number of fused-ring (bicyclic) bond motifs is 7. The first-order valence-electron chi connectivity index (χ1n) is 18.8. The molecule has 7 rings (SSSR count). The van der Waals surface area contributed by atoms with Crippen LogP contribution in [-0.2, 0) is 11.2 Å². The summed E-state index contributed by atoms with van der Waals surface area (Å²) in [5, 5.41) is 17.3. The first-order chi connectivity index (χ1) is 22.9. The molecule has 2 aromatic carbocycles. The summed E-state index contributed by atoms with van der Waals surface area (Å²) in [7, 11) is 0. The normalized spacial score (nSPS) is 38.0. The van der Waals surface area contributed by atoms with Crippen molar-refractivity contribution in [2.75, 3.05) is 11.9 Å². The molecule has 0 bridgehead atoms. The highest BCUT2D eigenvalue weighted by atomic mass is 16.3. The zero-order chi connectivity index (χ0) is 33.9. The summed E-state index contributed by atoms with van der Waals surface area (Å²) < 4.78 is 0. The van der Waals surface area contributed by atoms with Crippen LogP contribution in [0.1, 0.15) is 125 Å². The van der Waals surface area contributed by atoms with E-state index in [0.717, 1.165) is 44.0 Å². The topological polar surface area (TPSA) is 95.5 Å². The van der Waals surface area contributed by atoms with Gasteiger partial charge in [0.2, 0.25) is 5.91 Å². The first-order valence-corrected chi connectivity index (χ1v) is 18.8. The highest BCUT2D eigenvalue weighted by Gasteiger charge is 2.67. The lowest BCUT2D eigenvalue weighted by Crippen LogP contribution is -2.63. The predicted octanol–water partition coefficient (Wildman–Crippen LogP) is 8.24. The van der Waals surface area contributed by atoms with E-state index in [1.807, 2.05) is 18.2 Å². The number of carbonyl (C=O) groups is 3. The summed E-state index contributed by atoms with van der Waals surface area (Å²) >= 11 is 0. The molecule has 0 spiro atoms. The largest absolute Gasteiger partial charge is 0.393 e. The van der Waals surface area contributed by atoms with Gasteiger partial charge in [-0.2, -0.15) is 0 Å². The number of benzene rings is 2. The lowest BCUT2D eigenvalue weighted by Gasteiger charge is -2.69. The minimum atomic E-state index is -0.236. The van der Waals surface area contributed by atoms with Gasteiger partial charge in [0.1, 0.15) is 6.29 Å². The molecule has 2 aromatic rings. The number of hydrogen-bond acceptors (Lipinski definition) is 4. The SMILES string of the molecule is CC1(C)C(O)CCC2(C)C1CCC1(C)C3CCC4(C(=O)NCCc5cccc(C(=O)Nc6cccc(C=O)c6)c5)CCCC4C3CCC12. The van der Waals surface area contributed by atoms with Crippen LogP contribution in [0.15, 0.2) is 48.5 Å². The highest BCUT2D eigenvalue weighted by molar-refractivity contribution is 6.04. The molecule has 9 unspecified atom stereocenters. The molecule has 5 fully saturated rings. The molecule has 48 heavy (non-hydrogen) atoms. The van der Waals surface area contributed by atoms with E-state index in [0.29, 0.717) is 70.2 Å². The van der Waals surface area contributed by atoms with Gasteiger partial charge in [0, 0.05) is 23.4 Å². The maximum absolute atomic E-state index is 14.2. The zero-order valence-corrected chi connectivity index (χ0v) is 29.5. The van der Waals surface area contributed by atoms with Gasteiger partial charge in [0.15, 0.2) is 0 Å². The highest BCUT2D eigenvalue weighted by Crippen LogP contribution is 2.73. The Morgan fingerprint density at radius 1 is 0.833 bits per heavy atom. The van der Waals surface area contributed by atoms with Crippen LogP contribution in [0.5, 0.6) is 0 Å². The number of hydrogen-bond donors (Lipinski definition) is 3. The molecule has 3 N–H and O–H groups in total. The van der Waals surface area contributed by atoms with Gasteiger partial charge in [0.25, 0.3) is 5.91 Å². The van der Waals surface area contributed by atoms with Crippen molar-refractivity contribution in [1.82, 2.24) is 5.32 Å². The predicted molar refractivity (Wildman–Crippen MR) is 190 cm³/mol. The summed E-state index contributed by atoms with van der Waals surface area (Å²) in [6, 6.07) is 14.5. The molecular formula is C42H56N2O4. The van der Waals surface area contributed by atoms with E-state index in [9.17, 15) is 19.5 Å². The molecular weight excluding hydrogens is 596 g/mol. The summed E-state index contributed by atoms with van der Waals surface area (Å²) in [4.78, 5) is 38.3. The van der Waals surface area contributed by atoms with E-state index in [2.05, 4.69) is 38.3 Å². The second-order valence-corrected chi connectivity index (χ2v) is 17.5. The number of amides is 2. The third-order valence-corrected chi connectivity index (χ3v) is 15.1. The van der Waals surface area contributed by atoms with Crippen LogP contribution in [-0.4, -0.2) is 35.9 Å². The van der Waals surface area contributed by atoms with E-state index >= 15 is 0 Å².